The molecular formula is C12H16N6O2S. The van der Waals surface area contributed by atoms with Gasteiger partial charge in [0.05, 0.1) is 6.20 Å². The zero-order chi connectivity index (χ0) is 15.0. The fourth-order valence-corrected chi connectivity index (χ4v) is 3.12. The van der Waals surface area contributed by atoms with Crippen LogP contribution in [0.2, 0.25) is 0 Å². The lowest BCUT2D eigenvalue weighted by molar-refractivity contribution is 0.443. The van der Waals surface area contributed by atoms with Crippen LogP contribution in [0.1, 0.15) is 19.3 Å². The summed E-state index contributed by atoms with van der Waals surface area (Å²) < 4.78 is 25.3. The van der Waals surface area contributed by atoms with Crippen LogP contribution in [0.3, 0.4) is 0 Å². The smallest absolute Gasteiger partial charge is 0.182 e. The van der Waals surface area contributed by atoms with E-state index in [1.165, 1.54) is 23.3 Å². The van der Waals surface area contributed by atoms with Gasteiger partial charge in [-0.25, -0.2) is 13.4 Å². The third-order valence-electron chi connectivity index (χ3n) is 3.46. The van der Waals surface area contributed by atoms with Crippen molar-refractivity contribution < 1.29 is 8.42 Å². The molecule has 0 saturated heterocycles. The zero-order valence-electron chi connectivity index (χ0n) is 11.5. The van der Waals surface area contributed by atoms with Crippen LogP contribution >= 0.6 is 0 Å². The van der Waals surface area contributed by atoms with E-state index in [-0.39, 0.29) is 22.6 Å². The first-order valence-electron chi connectivity index (χ1n) is 6.58. The summed E-state index contributed by atoms with van der Waals surface area (Å²) in [4.78, 5) is 8.05. The number of rotatable bonds is 4. The Balaban J connectivity index is 2.10. The molecule has 1 saturated carbocycles. The Bertz CT molecular complexity index is 752. The largest absolute Gasteiger partial charge is 0.382 e. The van der Waals surface area contributed by atoms with E-state index in [1.54, 1.807) is 0 Å². The second-order valence-corrected chi connectivity index (χ2v) is 7.04. The fourth-order valence-electron chi connectivity index (χ4n) is 2.20. The molecule has 0 aromatic carbocycles. The zero-order valence-corrected chi connectivity index (χ0v) is 12.3. The molecule has 0 amide bonds. The highest BCUT2D eigenvalue weighted by Crippen LogP contribution is 2.31. The van der Waals surface area contributed by atoms with Gasteiger partial charge in [-0.3, -0.25) is 4.98 Å². The van der Waals surface area contributed by atoms with E-state index in [0.29, 0.717) is 5.82 Å². The van der Waals surface area contributed by atoms with Crippen molar-refractivity contribution in [1.82, 2.24) is 19.7 Å². The number of aromatic nitrogens is 4. The highest BCUT2D eigenvalue weighted by atomic mass is 32.2. The number of nitrogens with one attached hydrogen (secondary N) is 1. The molecule has 0 unspecified atom stereocenters. The SMILES string of the molecule is CS(=O)(=O)c1c(NC2CCC2)nn(-c2cnccn2)c1N. The Kier molecular flexibility index (Phi) is 3.28. The molecule has 2 aromatic rings. The first kappa shape index (κ1) is 13.8. The lowest BCUT2D eigenvalue weighted by atomic mass is 9.93. The van der Waals surface area contributed by atoms with Gasteiger partial charge in [-0.05, 0) is 19.3 Å². The molecule has 8 nitrogen and oxygen atoms in total. The van der Waals surface area contributed by atoms with Crippen LogP contribution in [0.5, 0.6) is 0 Å². The summed E-state index contributed by atoms with van der Waals surface area (Å²) >= 11 is 0. The van der Waals surface area contributed by atoms with Crippen molar-refractivity contribution >= 4 is 21.5 Å². The van der Waals surface area contributed by atoms with E-state index in [2.05, 4.69) is 20.4 Å². The maximum absolute atomic E-state index is 12.0. The van der Waals surface area contributed by atoms with Crippen LogP contribution in [-0.4, -0.2) is 40.5 Å². The van der Waals surface area contributed by atoms with Gasteiger partial charge in [0, 0.05) is 24.7 Å². The summed E-state index contributed by atoms with van der Waals surface area (Å²) in [6.45, 7) is 0. The second-order valence-electron chi connectivity index (χ2n) is 5.08. The first-order chi connectivity index (χ1) is 9.97. The predicted octanol–water partition coefficient (Wildman–Crippen LogP) is 0.612. The molecule has 1 aliphatic rings. The van der Waals surface area contributed by atoms with E-state index >= 15 is 0 Å². The Morgan fingerprint density at radius 1 is 1.38 bits per heavy atom. The summed E-state index contributed by atoms with van der Waals surface area (Å²) in [5.74, 6) is 0.701. The maximum Gasteiger partial charge on any atom is 0.182 e. The van der Waals surface area contributed by atoms with Gasteiger partial charge in [0.15, 0.2) is 26.4 Å². The number of nitrogens with two attached hydrogens (primary N) is 1. The van der Waals surface area contributed by atoms with E-state index in [0.717, 1.165) is 25.5 Å². The molecular weight excluding hydrogens is 292 g/mol. The van der Waals surface area contributed by atoms with Gasteiger partial charge >= 0.3 is 0 Å². The molecule has 9 heteroatoms. The average Bonchev–Trinajstić information content (AvgIpc) is 2.72. The van der Waals surface area contributed by atoms with Crippen LogP contribution in [0.15, 0.2) is 23.5 Å². The van der Waals surface area contributed by atoms with Crippen LogP contribution in [0.4, 0.5) is 11.6 Å². The lowest BCUT2D eigenvalue weighted by Crippen LogP contribution is -2.28. The average molecular weight is 308 g/mol. The molecule has 21 heavy (non-hydrogen) atoms. The highest BCUT2D eigenvalue weighted by molar-refractivity contribution is 7.91. The molecule has 0 bridgehead atoms. The summed E-state index contributed by atoms with van der Waals surface area (Å²) in [6.07, 6.45) is 8.74. The van der Waals surface area contributed by atoms with Gasteiger partial charge in [-0.1, -0.05) is 0 Å². The van der Waals surface area contributed by atoms with Crippen LogP contribution in [0.25, 0.3) is 5.82 Å². The molecule has 0 aliphatic heterocycles. The van der Waals surface area contributed by atoms with Crippen molar-refractivity contribution in [2.24, 2.45) is 0 Å². The van der Waals surface area contributed by atoms with Crippen LogP contribution < -0.4 is 11.1 Å². The molecule has 2 heterocycles. The van der Waals surface area contributed by atoms with Crippen molar-refractivity contribution in [3.63, 3.8) is 0 Å². The number of hydrogen-bond acceptors (Lipinski definition) is 7. The molecule has 1 fully saturated rings. The summed E-state index contributed by atoms with van der Waals surface area (Å²) in [5.41, 5.74) is 5.97. The monoisotopic (exact) mass is 308 g/mol. The normalized spacial score (nSPS) is 15.7. The van der Waals surface area contributed by atoms with E-state index in [1.807, 2.05) is 0 Å². The standard InChI is InChI=1S/C12H16N6O2S/c1-21(19,20)10-11(13)18(9-7-14-5-6-15-9)17-12(10)16-8-3-2-4-8/h5-8H,2-4,13H2,1H3,(H,16,17). The Morgan fingerprint density at radius 2 is 2.14 bits per heavy atom. The number of sulfone groups is 1. The van der Waals surface area contributed by atoms with Crippen molar-refractivity contribution in [2.45, 2.75) is 30.2 Å². The molecule has 3 N–H and O–H groups in total. The molecule has 0 atom stereocenters. The van der Waals surface area contributed by atoms with Gasteiger partial charge in [-0.2, -0.15) is 4.68 Å². The fraction of sp³-hybridized carbons (Fsp3) is 0.417. The highest BCUT2D eigenvalue weighted by Gasteiger charge is 2.28. The van der Waals surface area contributed by atoms with Crippen LogP contribution in [-0.2, 0) is 9.84 Å². The molecule has 0 spiro atoms. The van der Waals surface area contributed by atoms with Crippen molar-refractivity contribution in [3.8, 4) is 5.82 Å². The molecule has 112 valence electrons. The molecule has 3 rings (SSSR count). The number of anilines is 2. The molecule has 0 radical (unpaired) electrons. The minimum atomic E-state index is -3.50. The summed E-state index contributed by atoms with van der Waals surface area (Å²) in [7, 11) is -3.50. The van der Waals surface area contributed by atoms with E-state index in [4.69, 9.17) is 5.73 Å². The Labute approximate surface area is 122 Å². The second kappa shape index (κ2) is 4.99. The van der Waals surface area contributed by atoms with E-state index < -0.39 is 9.84 Å². The Hall–Kier alpha value is -2.16. The van der Waals surface area contributed by atoms with E-state index in [9.17, 15) is 8.42 Å². The number of nitrogen functional groups attached to an aromatic ring is 1. The Morgan fingerprint density at radius 3 is 2.67 bits per heavy atom. The van der Waals surface area contributed by atoms with Crippen molar-refractivity contribution in [1.29, 1.82) is 0 Å². The summed E-state index contributed by atoms with van der Waals surface area (Å²) in [5, 5.41) is 7.41. The molecule has 2 aromatic heterocycles. The van der Waals surface area contributed by atoms with Crippen LogP contribution in [0, 0.1) is 0 Å². The minimum absolute atomic E-state index is 0.0139. The quantitative estimate of drug-likeness (QED) is 0.850. The maximum atomic E-state index is 12.0. The van der Waals surface area contributed by atoms with Gasteiger partial charge in [-0.15, -0.1) is 5.10 Å². The van der Waals surface area contributed by atoms with Gasteiger partial charge in [0.1, 0.15) is 5.82 Å². The predicted molar refractivity (Wildman–Crippen MR) is 77.9 cm³/mol. The first-order valence-corrected chi connectivity index (χ1v) is 8.47. The van der Waals surface area contributed by atoms with Gasteiger partial charge < -0.3 is 11.1 Å². The third kappa shape index (κ3) is 2.56. The van der Waals surface area contributed by atoms with Gasteiger partial charge in [0.2, 0.25) is 0 Å². The minimum Gasteiger partial charge on any atom is -0.382 e. The summed E-state index contributed by atoms with van der Waals surface area (Å²) in [6, 6.07) is 0.245. The molecule has 1 aliphatic carbocycles. The van der Waals surface area contributed by atoms with Crippen molar-refractivity contribution in [2.75, 3.05) is 17.3 Å². The third-order valence-corrected chi connectivity index (χ3v) is 4.60. The number of hydrogen-bond donors (Lipinski definition) is 2. The topological polar surface area (TPSA) is 116 Å². The lowest BCUT2D eigenvalue weighted by Gasteiger charge is -2.26. The van der Waals surface area contributed by atoms with Gasteiger partial charge in [0.25, 0.3) is 0 Å². The number of nitrogens with zero attached hydrogens (tertiary/aromatic N) is 4. The van der Waals surface area contributed by atoms with Crippen molar-refractivity contribution in [3.05, 3.63) is 18.6 Å².